The highest BCUT2D eigenvalue weighted by Gasteiger charge is 2.07. The molecule has 0 fully saturated rings. The van der Waals surface area contributed by atoms with Crippen LogP contribution in [0.5, 0.6) is 0 Å². The first-order valence-electron chi connectivity index (χ1n) is 12.3. The van der Waals surface area contributed by atoms with Crippen LogP contribution in [0, 0.1) is 0 Å². The average molecular weight is 623 g/mol. The predicted molar refractivity (Wildman–Crippen MR) is 187 cm³/mol. The van der Waals surface area contributed by atoms with Crippen LogP contribution < -0.4 is 0 Å². The van der Waals surface area contributed by atoms with Gasteiger partial charge in [-0.25, -0.2) is 9.59 Å². The number of aliphatic hydroxyl groups excluding tert-OH is 4. The molecule has 0 heterocycles. The summed E-state index contributed by atoms with van der Waals surface area (Å²) < 4.78 is 10.5. The Hall–Kier alpha value is -3.64. The Morgan fingerprint density at radius 3 is 0.907 bits per heavy atom. The van der Waals surface area contributed by atoms with E-state index < -0.39 is 18.0 Å². The molecule has 0 aliphatic rings. The summed E-state index contributed by atoms with van der Waals surface area (Å²) in [6.45, 7) is 57.1. The Bertz CT molecular complexity index is 468. The van der Waals surface area contributed by atoms with E-state index in [2.05, 4.69) is 105 Å². The van der Waals surface area contributed by atoms with Gasteiger partial charge in [0.2, 0.25) is 0 Å². The average Bonchev–Trinajstić information content (AvgIpc) is 3.06. The lowest BCUT2D eigenvalue weighted by Gasteiger charge is -2.16. The largest absolute Gasteiger partial charge is 0.478 e. The molecule has 6 N–H and O–H groups in total. The van der Waals surface area contributed by atoms with Crippen molar-refractivity contribution in [3.05, 3.63) is 116 Å². The molecule has 0 aliphatic heterocycles. The first-order valence-corrected chi connectivity index (χ1v) is 12.3. The summed E-state index contributed by atoms with van der Waals surface area (Å²) in [6, 6.07) is 0. The van der Waals surface area contributed by atoms with Crippen LogP contribution in [0.1, 0.15) is 34.6 Å². The van der Waals surface area contributed by atoms with Gasteiger partial charge in [-0.05, 0) is 34.6 Å². The molecule has 0 rings (SSSR count). The molecule has 0 aromatic carbocycles. The highest BCUT2D eigenvalue weighted by atomic mass is 16.5. The molecule has 10 heteroatoms. The fourth-order valence-electron chi connectivity index (χ4n) is 0.704. The van der Waals surface area contributed by atoms with Crippen molar-refractivity contribution in [2.24, 2.45) is 0 Å². The molecule has 10 nitrogen and oxygen atoms in total. The summed E-state index contributed by atoms with van der Waals surface area (Å²) in [7, 11) is 0. The Morgan fingerprint density at radius 2 is 0.767 bits per heavy atom. The highest BCUT2D eigenvalue weighted by Crippen LogP contribution is 1.97. The number of carbonyl (C=O) groups is 2. The molecule has 0 amide bonds. The molecule has 0 aliphatic carbocycles. The molecule has 0 saturated carbocycles. The monoisotopic (exact) mass is 622 g/mol. The van der Waals surface area contributed by atoms with Crippen LogP contribution in [0.2, 0.25) is 0 Å². The zero-order valence-electron chi connectivity index (χ0n) is 27.9. The van der Waals surface area contributed by atoms with Gasteiger partial charge in [-0.2, -0.15) is 0 Å². The van der Waals surface area contributed by atoms with E-state index in [1.165, 1.54) is 13.8 Å². The number of aliphatic carboxylic acids is 2. The van der Waals surface area contributed by atoms with Crippen molar-refractivity contribution >= 4 is 11.9 Å². The first-order chi connectivity index (χ1) is 20.3. The molecular weight excluding hydrogens is 556 g/mol. The number of carboxylic acid groups (broad SMARTS) is 2. The van der Waals surface area contributed by atoms with Crippen molar-refractivity contribution in [1.82, 2.24) is 0 Å². The zero-order chi connectivity index (χ0) is 38.0. The Balaban J connectivity index is -0.0000000326. The van der Waals surface area contributed by atoms with E-state index >= 15 is 0 Å². The molecule has 0 spiro atoms. The minimum atomic E-state index is -0.935. The number of hydrogen-bond acceptors (Lipinski definition) is 8. The van der Waals surface area contributed by atoms with Gasteiger partial charge in [0.15, 0.2) is 0 Å². The van der Waals surface area contributed by atoms with Crippen molar-refractivity contribution < 1.29 is 49.7 Å². The van der Waals surface area contributed by atoms with Gasteiger partial charge in [0, 0.05) is 11.1 Å². The van der Waals surface area contributed by atoms with Gasteiger partial charge in [0.05, 0.1) is 51.3 Å². The highest BCUT2D eigenvalue weighted by molar-refractivity contribution is 5.85. The summed E-state index contributed by atoms with van der Waals surface area (Å²) in [5.74, 6) is -1.87. The molecule has 0 bridgehead atoms. The molecular formula is C33H66O10. The van der Waals surface area contributed by atoms with E-state index in [1.54, 1.807) is 13.8 Å². The van der Waals surface area contributed by atoms with Crippen molar-refractivity contribution in [2.45, 2.75) is 52.9 Å². The minimum absolute atomic E-state index is 0.0170. The minimum Gasteiger partial charge on any atom is -0.478 e. The van der Waals surface area contributed by atoms with E-state index in [0.717, 1.165) is 0 Å². The summed E-state index contributed by atoms with van der Waals surface area (Å²) in [5, 5.41) is 48.6. The van der Waals surface area contributed by atoms with Crippen LogP contribution >= 0.6 is 0 Å². The topological polar surface area (TPSA) is 174 Å². The third-order valence-electron chi connectivity index (χ3n) is 2.32. The standard InChI is InChI=1S/C9H20O4.2C4H6O2.C2H6O2.7C2H4/c1-7(11)5-12-9(3)6-13-8(2)4-10;2*1-3(2)4(5)6;3-1-2-4;7*1-2/h7-11H,4-6H2,1-3H3;2*1H2,2H3,(H,5,6);3-4H,1-2H2;7*1-2H2. The fourth-order valence-corrected chi connectivity index (χ4v) is 0.704. The van der Waals surface area contributed by atoms with E-state index in [9.17, 15) is 9.59 Å². The number of aliphatic hydroxyl groups is 4. The maximum Gasteiger partial charge on any atom is 0.330 e. The molecule has 3 unspecified atom stereocenters. The number of ether oxygens (including phenoxy) is 2. The second kappa shape index (κ2) is 90.2. The molecule has 0 radical (unpaired) electrons. The van der Waals surface area contributed by atoms with Gasteiger partial charge in [-0.1, -0.05) is 13.2 Å². The molecule has 0 aromatic heterocycles. The quantitative estimate of drug-likeness (QED) is 0.124. The van der Waals surface area contributed by atoms with E-state index in [4.69, 9.17) is 40.1 Å². The van der Waals surface area contributed by atoms with Gasteiger partial charge in [0.25, 0.3) is 0 Å². The summed E-state index contributed by atoms with van der Waals surface area (Å²) >= 11 is 0. The Labute approximate surface area is 264 Å². The van der Waals surface area contributed by atoms with Crippen molar-refractivity contribution in [3.63, 3.8) is 0 Å². The summed E-state index contributed by atoms with van der Waals surface area (Å²) in [4.78, 5) is 19.2. The second-order valence-corrected chi connectivity index (χ2v) is 5.94. The SMILES string of the molecule is C=C.C=C.C=C.C=C.C=C.C=C.C=C.C=C(C)C(=O)O.C=C(C)C(=O)O.CC(O)COC(C)COC(C)CO.OCCO. The zero-order valence-corrected chi connectivity index (χ0v) is 27.9. The van der Waals surface area contributed by atoms with Gasteiger partial charge in [0.1, 0.15) is 0 Å². The normalized spacial score (nSPS) is 8.95. The van der Waals surface area contributed by atoms with Crippen molar-refractivity contribution in [2.75, 3.05) is 33.0 Å². The van der Waals surface area contributed by atoms with E-state index in [1.807, 2.05) is 6.92 Å². The number of carboxylic acids is 2. The van der Waals surface area contributed by atoms with Gasteiger partial charge >= 0.3 is 11.9 Å². The summed E-state index contributed by atoms with van der Waals surface area (Å²) in [6.07, 6.45) is -0.654. The van der Waals surface area contributed by atoms with Gasteiger partial charge in [-0.3, -0.25) is 0 Å². The number of rotatable bonds is 10. The third kappa shape index (κ3) is 168. The molecule has 0 aromatic rings. The summed E-state index contributed by atoms with van der Waals surface area (Å²) in [5.41, 5.74) is 0.352. The molecule has 0 saturated heterocycles. The van der Waals surface area contributed by atoms with Crippen LogP contribution in [0.25, 0.3) is 0 Å². The van der Waals surface area contributed by atoms with Crippen molar-refractivity contribution in [3.8, 4) is 0 Å². The van der Waals surface area contributed by atoms with E-state index in [0.29, 0.717) is 13.2 Å². The van der Waals surface area contributed by atoms with Gasteiger partial charge in [-0.15, -0.1) is 92.1 Å². The first kappa shape index (κ1) is 72.0. The lowest BCUT2D eigenvalue weighted by atomic mass is 10.4. The van der Waals surface area contributed by atoms with Gasteiger partial charge < -0.3 is 40.1 Å². The fraction of sp³-hybridized carbons (Fsp3) is 0.394. The van der Waals surface area contributed by atoms with Crippen LogP contribution in [0.3, 0.4) is 0 Å². The van der Waals surface area contributed by atoms with Crippen LogP contribution in [-0.4, -0.2) is 93.9 Å². The lowest BCUT2D eigenvalue weighted by Crippen LogP contribution is -2.24. The number of hydrogen-bond donors (Lipinski definition) is 6. The molecule has 43 heavy (non-hydrogen) atoms. The smallest absolute Gasteiger partial charge is 0.330 e. The molecule has 3 atom stereocenters. The van der Waals surface area contributed by atoms with E-state index in [-0.39, 0.29) is 43.2 Å². The third-order valence-corrected chi connectivity index (χ3v) is 2.32. The van der Waals surface area contributed by atoms with Crippen molar-refractivity contribution in [1.29, 1.82) is 0 Å². The second-order valence-electron chi connectivity index (χ2n) is 5.94. The predicted octanol–water partition coefficient (Wildman–Crippen LogP) is 6.05. The maximum atomic E-state index is 9.60. The van der Waals surface area contributed by atoms with Crippen LogP contribution in [-0.2, 0) is 19.1 Å². The van der Waals surface area contributed by atoms with Crippen LogP contribution in [0.15, 0.2) is 116 Å². The Morgan fingerprint density at radius 1 is 0.558 bits per heavy atom. The lowest BCUT2D eigenvalue weighted by molar-refractivity contribution is -0.133. The molecule has 258 valence electrons. The Kier molecular flexibility index (Phi) is 151. The van der Waals surface area contributed by atoms with Crippen LogP contribution in [0.4, 0.5) is 0 Å². The maximum absolute atomic E-state index is 9.60.